The van der Waals surface area contributed by atoms with Gasteiger partial charge in [-0.2, -0.15) is 0 Å². The average molecular weight is 294 g/mol. The van der Waals surface area contributed by atoms with Crippen molar-refractivity contribution in [1.29, 1.82) is 0 Å². The average Bonchev–Trinajstić information content (AvgIpc) is 2.35. The first-order valence-corrected chi connectivity index (χ1v) is 9.88. The first-order chi connectivity index (χ1) is 9.21. The summed E-state index contributed by atoms with van der Waals surface area (Å²) in [7, 11) is -0.244. The summed E-state index contributed by atoms with van der Waals surface area (Å²) in [5.41, 5.74) is 1.72. The van der Waals surface area contributed by atoms with E-state index in [2.05, 4.69) is 33.9 Å². The third-order valence-corrected chi connectivity index (χ3v) is 8.31. The normalized spacial score (nSPS) is 12.3. The minimum absolute atomic E-state index is 0.113. The zero-order valence-corrected chi connectivity index (χ0v) is 14.4. The van der Waals surface area contributed by atoms with Crippen molar-refractivity contribution in [3.05, 3.63) is 29.3 Å². The van der Waals surface area contributed by atoms with Crippen LogP contribution in [0, 0.1) is 0 Å². The van der Waals surface area contributed by atoms with Crippen LogP contribution in [0.25, 0.3) is 0 Å². The Bertz CT molecular complexity index is 461. The zero-order valence-electron chi connectivity index (χ0n) is 13.4. The van der Waals surface area contributed by atoms with Crippen LogP contribution < -0.4 is 4.43 Å². The Labute approximate surface area is 123 Å². The van der Waals surface area contributed by atoms with E-state index in [0.29, 0.717) is 17.9 Å². The highest BCUT2D eigenvalue weighted by molar-refractivity contribution is 6.74. The number of ether oxygens (including phenoxy) is 1. The molecule has 3 nitrogen and oxygen atoms in total. The number of carbonyl (C=O) groups excluding carboxylic acids is 1. The van der Waals surface area contributed by atoms with E-state index in [-0.39, 0.29) is 5.04 Å². The number of aldehydes is 1. The Morgan fingerprint density at radius 1 is 1.25 bits per heavy atom. The van der Waals surface area contributed by atoms with E-state index in [4.69, 9.17) is 9.16 Å². The predicted octanol–water partition coefficient (Wildman–Crippen LogP) is 4.07. The molecule has 0 fully saturated rings. The molecule has 0 atom stereocenters. The van der Waals surface area contributed by atoms with Gasteiger partial charge in [0.1, 0.15) is 5.75 Å². The second kappa shape index (κ2) is 6.55. The summed E-state index contributed by atoms with van der Waals surface area (Å²) in [6.07, 6.45) is 1.68. The molecule has 0 saturated carbocycles. The molecule has 1 aromatic rings. The van der Waals surface area contributed by atoms with Gasteiger partial charge in [0.05, 0.1) is 12.2 Å². The topological polar surface area (TPSA) is 35.5 Å². The lowest BCUT2D eigenvalue weighted by molar-refractivity contribution is 0.112. The summed E-state index contributed by atoms with van der Waals surface area (Å²) in [6, 6.07) is 5.82. The number of methoxy groups -OCH3 is 1. The molecule has 0 heterocycles. The molecule has 0 amide bonds. The molecule has 1 rings (SSSR count). The van der Waals surface area contributed by atoms with Crippen LogP contribution in [0.3, 0.4) is 0 Å². The van der Waals surface area contributed by atoms with Crippen molar-refractivity contribution in [2.45, 2.75) is 45.3 Å². The molecule has 0 radical (unpaired) electrons. The third-order valence-electron chi connectivity index (χ3n) is 3.97. The fourth-order valence-corrected chi connectivity index (χ4v) is 2.63. The van der Waals surface area contributed by atoms with Crippen molar-refractivity contribution in [2.24, 2.45) is 0 Å². The number of hydrogen-bond donors (Lipinski definition) is 0. The standard InChI is InChI=1S/C16H26O3Si/c1-16(2,3)20(5,6)19-15-8-7-13(9-10-18-4)11-14(15)12-17/h7-8,11-12H,9-10H2,1-6H3. The SMILES string of the molecule is COCCc1ccc(O[Si](C)(C)C(C)(C)C)c(C=O)c1. The molecular weight excluding hydrogens is 268 g/mol. The van der Waals surface area contributed by atoms with Gasteiger partial charge in [0.15, 0.2) is 6.29 Å². The van der Waals surface area contributed by atoms with Crippen molar-refractivity contribution in [3.63, 3.8) is 0 Å². The van der Waals surface area contributed by atoms with Crippen LogP contribution in [-0.4, -0.2) is 28.3 Å². The monoisotopic (exact) mass is 294 g/mol. The Morgan fingerprint density at radius 3 is 2.40 bits per heavy atom. The lowest BCUT2D eigenvalue weighted by Crippen LogP contribution is -2.44. The van der Waals surface area contributed by atoms with Crippen LogP contribution in [0.5, 0.6) is 5.75 Å². The van der Waals surface area contributed by atoms with E-state index in [1.165, 1.54) is 0 Å². The molecule has 0 aliphatic heterocycles. The van der Waals surface area contributed by atoms with Gasteiger partial charge in [0, 0.05) is 7.11 Å². The number of carbonyl (C=O) groups is 1. The van der Waals surface area contributed by atoms with E-state index in [1.54, 1.807) is 7.11 Å². The third kappa shape index (κ3) is 4.18. The van der Waals surface area contributed by atoms with E-state index in [0.717, 1.165) is 18.3 Å². The molecule has 0 unspecified atom stereocenters. The van der Waals surface area contributed by atoms with Crippen LogP contribution in [0.15, 0.2) is 18.2 Å². The minimum Gasteiger partial charge on any atom is -0.543 e. The summed E-state index contributed by atoms with van der Waals surface area (Å²) < 4.78 is 11.3. The molecule has 0 aromatic heterocycles. The van der Waals surface area contributed by atoms with Gasteiger partial charge in [-0.05, 0) is 42.2 Å². The maximum absolute atomic E-state index is 11.3. The Kier molecular flexibility index (Phi) is 5.54. The van der Waals surface area contributed by atoms with Gasteiger partial charge in [0.25, 0.3) is 8.32 Å². The molecule has 112 valence electrons. The quantitative estimate of drug-likeness (QED) is 0.586. The summed E-state index contributed by atoms with van der Waals surface area (Å²) in [5.74, 6) is 0.702. The van der Waals surface area contributed by atoms with Crippen molar-refractivity contribution >= 4 is 14.6 Å². The highest BCUT2D eigenvalue weighted by Crippen LogP contribution is 2.38. The summed E-state index contributed by atoms with van der Waals surface area (Å²) in [4.78, 5) is 11.3. The van der Waals surface area contributed by atoms with Gasteiger partial charge < -0.3 is 9.16 Å². The van der Waals surface area contributed by atoms with Crippen LogP contribution in [0.4, 0.5) is 0 Å². The molecule has 0 aliphatic rings. The lowest BCUT2D eigenvalue weighted by atomic mass is 10.1. The van der Waals surface area contributed by atoms with Crippen molar-refractivity contribution in [2.75, 3.05) is 13.7 Å². The highest BCUT2D eigenvalue weighted by Gasteiger charge is 2.39. The van der Waals surface area contributed by atoms with E-state index in [9.17, 15) is 4.79 Å². The summed E-state index contributed by atoms with van der Waals surface area (Å²) in [5, 5.41) is 0.113. The Morgan fingerprint density at radius 2 is 1.90 bits per heavy atom. The second-order valence-electron chi connectivity index (χ2n) is 6.60. The molecule has 4 heteroatoms. The van der Waals surface area contributed by atoms with Crippen LogP contribution in [-0.2, 0) is 11.2 Å². The van der Waals surface area contributed by atoms with Crippen molar-refractivity contribution in [3.8, 4) is 5.75 Å². The smallest absolute Gasteiger partial charge is 0.250 e. The zero-order chi connectivity index (χ0) is 15.4. The molecule has 0 saturated heterocycles. The molecule has 20 heavy (non-hydrogen) atoms. The molecule has 1 aromatic carbocycles. The fraction of sp³-hybridized carbons (Fsp3) is 0.562. The maximum atomic E-state index is 11.3. The van der Waals surface area contributed by atoms with E-state index >= 15 is 0 Å². The molecular formula is C16H26O3Si. The largest absolute Gasteiger partial charge is 0.543 e. The van der Waals surface area contributed by atoms with Crippen molar-refractivity contribution < 1.29 is 14.0 Å². The second-order valence-corrected chi connectivity index (χ2v) is 11.3. The Balaban J connectivity index is 2.99. The van der Waals surface area contributed by atoms with Gasteiger partial charge >= 0.3 is 0 Å². The van der Waals surface area contributed by atoms with Gasteiger partial charge in [0.2, 0.25) is 0 Å². The molecule has 0 N–H and O–H groups in total. The Hall–Kier alpha value is -1.13. The maximum Gasteiger partial charge on any atom is 0.250 e. The molecule has 0 bridgehead atoms. The first-order valence-electron chi connectivity index (χ1n) is 6.97. The van der Waals surface area contributed by atoms with Crippen LogP contribution in [0.2, 0.25) is 18.1 Å². The summed E-state index contributed by atoms with van der Waals surface area (Å²) in [6.45, 7) is 11.6. The van der Waals surface area contributed by atoms with Crippen LogP contribution >= 0.6 is 0 Å². The lowest BCUT2D eigenvalue weighted by Gasteiger charge is -2.36. The van der Waals surface area contributed by atoms with Gasteiger partial charge in [-0.25, -0.2) is 0 Å². The van der Waals surface area contributed by atoms with Gasteiger partial charge in [-0.1, -0.05) is 26.8 Å². The van der Waals surface area contributed by atoms with E-state index < -0.39 is 8.32 Å². The van der Waals surface area contributed by atoms with E-state index in [1.807, 2.05) is 18.2 Å². The number of benzene rings is 1. The van der Waals surface area contributed by atoms with Gasteiger partial charge in [-0.3, -0.25) is 4.79 Å². The molecule has 0 aliphatic carbocycles. The van der Waals surface area contributed by atoms with Crippen LogP contribution in [0.1, 0.15) is 36.7 Å². The highest BCUT2D eigenvalue weighted by atomic mass is 28.4. The first kappa shape index (κ1) is 16.9. The van der Waals surface area contributed by atoms with Gasteiger partial charge in [-0.15, -0.1) is 0 Å². The molecule has 0 spiro atoms. The predicted molar refractivity (Wildman–Crippen MR) is 85.2 cm³/mol. The number of hydrogen-bond acceptors (Lipinski definition) is 3. The minimum atomic E-state index is -1.92. The van der Waals surface area contributed by atoms with Crippen molar-refractivity contribution in [1.82, 2.24) is 0 Å². The fourth-order valence-electron chi connectivity index (χ4n) is 1.59. The number of rotatable bonds is 6. The summed E-state index contributed by atoms with van der Waals surface area (Å²) >= 11 is 0.